The Morgan fingerprint density at radius 3 is 2.26 bits per heavy atom. The standard InChI is InChI=1S/C34H40N2O7/c1-6-22-12-20(3)13-23(7-2)32(22)35-30(37)17-36-16-27(26-15-29-28(14-21(26)4)42-19-43-29)31(34(38)39)33(36)24-8-10-25(11-9-24)41-18-40-5/h8-15,27,31,33H,6-7,16-19H2,1-5H3,(H,35,37)(H,38,39)/t27-,31-,33+/m1/s1. The fourth-order valence-corrected chi connectivity index (χ4v) is 6.48. The summed E-state index contributed by atoms with van der Waals surface area (Å²) >= 11 is 0. The first-order valence-electron chi connectivity index (χ1n) is 14.7. The van der Waals surface area contributed by atoms with Crippen molar-refractivity contribution in [3.63, 3.8) is 0 Å². The minimum absolute atomic E-state index is 0.0384. The number of hydrogen-bond acceptors (Lipinski definition) is 7. The quantitative estimate of drug-likeness (QED) is 0.278. The number of amides is 1. The van der Waals surface area contributed by atoms with Crippen LogP contribution >= 0.6 is 0 Å². The fourth-order valence-electron chi connectivity index (χ4n) is 6.48. The van der Waals surface area contributed by atoms with E-state index < -0.39 is 17.9 Å². The van der Waals surface area contributed by atoms with Crippen LogP contribution in [0.15, 0.2) is 48.5 Å². The lowest BCUT2D eigenvalue weighted by atomic mass is 9.81. The maximum Gasteiger partial charge on any atom is 0.309 e. The van der Waals surface area contributed by atoms with Crippen molar-refractivity contribution in [3.05, 3.63) is 81.9 Å². The van der Waals surface area contributed by atoms with E-state index in [1.807, 2.05) is 36.1 Å². The van der Waals surface area contributed by atoms with Crippen molar-refractivity contribution in [2.75, 3.05) is 39.1 Å². The highest BCUT2D eigenvalue weighted by atomic mass is 16.7. The summed E-state index contributed by atoms with van der Waals surface area (Å²) in [7, 11) is 1.55. The molecule has 1 fully saturated rings. The van der Waals surface area contributed by atoms with Gasteiger partial charge in [0.2, 0.25) is 12.7 Å². The van der Waals surface area contributed by atoms with Crippen molar-refractivity contribution in [1.29, 1.82) is 0 Å². The van der Waals surface area contributed by atoms with Gasteiger partial charge in [0, 0.05) is 31.3 Å². The summed E-state index contributed by atoms with van der Waals surface area (Å²) < 4.78 is 21.8. The number of carbonyl (C=O) groups is 2. The molecule has 0 aliphatic carbocycles. The molecule has 5 rings (SSSR count). The van der Waals surface area contributed by atoms with Crippen LogP contribution in [-0.4, -0.2) is 55.7 Å². The summed E-state index contributed by atoms with van der Waals surface area (Å²) in [6.45, 7) is 8.84. The molecule has 2 N–H and O–H groups in total. The van der Waals surface area contributed by atoms with Gasteiger partial charge in [-0.1, -0.05) is 43.7 Å². The van der Waals surface area contributed by atoms with Gasteiger partial charge < -0.3 is 29.4 Å². The molecular weight excluding hydrogens is 548 g/mol. The molecule has 2 aliphatic rings. The second-order valence-corrected chi connectivity index (χ2v) is 11.2. The second kappa shape index (κ2) is 13.1. The van der Waals surface area contributed by atoms with E-state index in [-0.39, 0.29) is 32.0 Å². The summed E-state index contributed by atoms with van der Waals surface area (Å²) in [6, 6.07) is 14.8. The Balaban J connectivity index is 1.50. The highest BCUT2D eigenvalue weighted by Gasteiger charge is 2.48. The fraction of sp³-hybridized carbons (Fsp3) is 0.412. The number of fused-ring (bicyclic) bond motifs is 1. The van der Waals surface area contributed by atoms with E-state index in [0.717, 1.165) is 51.9 Å². The van der Waals surface area contributed by atoms with Gasteiger partial charge in [0.1, 0.15) is 5.75 Å². The minimum atomic E-state index is -0.922. The maximum atomic E-state index is 13.7. The van der Waals surface area contributed by atoms with Gasteiger partial charge in [-0.3, -0.25) is 14.5 Å². The Hall–Kier alpha value is -4.08. The Bertz CT molecular complexity index is 1460. The van der Waals surface area contributed by atoms with E-state index in [1.165, 1.54) is 0 Å². The van der Waals surface area contributed by atoms with Crippen LogP contribution in [0, 0.1) is 19.8 Å². The molecule has 9 heteroatoms. The number of aliphatic carboxylic acids is 1. The molecule has 9 nitrogen and oxygen atoms in total. The van der Waals surface area contributed by atoms with E-state index in [4.69, 9.17) is 18.9 Å². The molecule has 1 saturated heterocycles. The number of methoxy groups -OCH3 is 1. The number of nitrogens with one attached hydrogen (secondary N) is 1. The predicted octanol–water partition coefficient (Wildman–Crippen LogP) is 5.62. The van der Waals surface area contributed by atoms with Gasteiger partial charge in [-0.25, -0.2) is 0 Å². The largest absolute Gasteiger partial charge is 0.481 e. The first-order chi connectivity index (χ1) is 20.7. The third kappa shape index (κ3) is 6.33. The average molecular weight is 589 g/mol. The molecule has 0 saturated carbocycles. The topological polar surface area (TPSA) is 107 Å². The molecule has 0 aromatic heterocycles. The van der Waals surface area contributed by atoms with Crippen LogP contribution < -0.4 is 19.5 Å². The summed E-state index contributed by atoms with van der Waals surface area (Å²) in [5.74, 6) is -0.417. The summed E-state index contributed by atoms with van der Waals surface area (Å²) in [4.78, 5) is 28.7. The lowest BCUT2D eigenvalue weighted by molar-refractivity contribution is -0.143. The maximum absolute atomic E-state index is 13.7. The van der Waals surface area contributed by atoms with Crippen LogP contribution in [-0.2, 0) is 27.2 Å². The first kappa shape index (κ1) is 30.4. The van der Waals surface area contributed by atoms with Gasteiger partial charge in [-0.05, 0) is 78.8 Å². The Morgan fingerprint density at radius 1 is 1.00 bits per heavy atom. The predicted molar refractivity (Wildman–Crippen MR) is 163 cm³/mol. The number of carbonyl (C=O) groups excluding carboxylic acids is 1. The Kier molecular flexibility index (Phi) is 9.22. The van der Waals surface area contributed by atoms with Gasteiger partial charge in [-0.2, -0.15) is 0 Å². The third-order valence-electron chi connectivity index (χ3n) is 8.43. The van der Waals surface area contributed by atoms with Crippen molar-refractivity contribution in [2.45, 2.75) is 52.5 Å². The molecule has 3 aromatic carbocycles. The SMILES string of the molecule is CCc1cc(C)cc(CC)c1NC(=O)CN1C[C@H](c2cc3c(cc2C)OCO3)[C@@H](C(=O)O)[C@@H]1c1ccc(OCOC)cc1. The highest BCUT2D eigenvalue weighted by molar-refractivity contribution is 5.94. The zero-order valence-electron chi connectivity index (χ0n) is 25.4. The monoisotopic (exact) mass is 588 g/mol. The van der Waals surface area contributed by atoms with E-state index in [1.54, 1.807) is 19.2 Å². The smallest absolute Gasteiger partial charge is 0.309 e. The molecule has 0 bridgehead atoms. The van der Waals surface area contributed by atoms with E-state index in [9.17, 15) is 14.7 Å². The molecule has 3 atom stereocenters. The second-order valence-electron chi connectivity index (χ2n) is 11.2. The van der Waals surface area contributed by atoms with Crippen LogP contribution in [0.4, 0.5) is 5.69 Å². The van der Waals surface area contributed by atoms with Gasteiger partial charge in [0.05, 0.1) is 12.5 Å². The molecule has 0 radical (unpaired) electrons. The molecule has 0 unspecified atom stereocenters. The van der Waals surface area contributed by atoms with Crippen LogP contribution in [0.2, 0.25) is 0 Å². The minimum Gasteiger partial charge on any atom is -0.481 e. The van der Waals surface area contributed by atoms with E-state index in [2.05, 4.69) is 38.2 Å². The Morgan fingerprint density at radius 2 is 1.65 bits per heavy atom. The van der Waals surface area contributed by atoms with Crippen molar-refractivity contribution in [2.24, 2.45) is 5.92 Å². The zero-order valence-corrected chi connectivity index (χ0v) is 25.4. The molecular formula is C34H40N2O7. The molecule has 43 heavy (non-hydrogen) atoms. The number of ether oxygens (including phenoxy) is 4. The summed E-state index contributed by atoms with van der Waals surface area (Å²) in [6.07, 6.45) is 1.58. The lowest BCUT2D eigenvalue weighted by Crippen LogP contribution is -2.35. The van der Waals surface area contributed by atoms with Crippen molar-refractivity contribution >= 4 is 17.6 Å². The third-order valence-corrected chi connectivity index (χ3v) is 8.43. The molecule has 0 spiro atoms. The Labute approximate surface area is 252 Å². The number of carboxylic acids is 1. The number of nitrogens with zero attached hydrogens (tertiary/aromatic N) is 1. The molecule has 2 aliphatic heterocycles. The van der Waals surface area contributed by atoms with Crippen molar-refractivity contribution in [1.82, 2.24) is 4.90 Å². The van der Waals surface area contributed by atoms with E-state index >= 15 is 0 Å². The van der Waals surface area contributed by atoms with Gasteiger partial charge in [0.15, 0.2) is 18.3 Å². The summed E-state index contributed by atoms with van der Waals surface area (Å²) in [5, 5.41) is 13.8. The van der Waals surface area contributed by atoms with E-state index in [0.29, 0.717) is 23.8 Å². The normalized spacial score (nSPS) is 19.4. The van der Waals surface area contributed by atoms with Crippen molar-refractivity contribution in [3.8, 4) is 17.2 Å². The number of hydrogen-bond donors (Lipinski definition) is 2. The highest BCUT2D eigenvalue weighted by Crippen LogP contribution is 2.49. The molecule has 1 amide bonds. The van der Waals surface area contributed by atoms with Crippen LogP contribution in [0.25, 0.3) is 0 Å². The van der Waals surface area contributed by atoms with Gasteiger partial charge >= 0.3 is 5.97 Å². The molecule has 228 valence electrons. The van der Waals surface area contributed by atoms with Crippen molar-refractivity contribution < 1.29 is 33.6 Å². The number of benzene rings is 3. The van der Waals surface area contributed by atoms with Gasteiger partial charge in [0.25, 0.3) is 0 Å². The molecule has 2 heterocycles. The number of likely N-dealkylation sites (tertiary alicyclic amines) is 1. The number of carboxylic acid groups (broad SMARTS) is 1. The zero-order chi connectivity index (χ0) is 30.7. The van der Waals surface area contributed by atoms with Crippen LogP contribution in [0.1, 0.15) is 59.2 Å². The van der Waals surface area contributed by atoms with Gasteiger partial charge in [-0.15, -0.1) is 0 Å². The number of anilines is 1. The number of rotatable bonds is 11. The average Bonchev–Trinajstić information content (AvgIpc) is 3.60. The molecule has 3 aromatic rings. The van der Waals surface area contributed by atoms with Crippen LogP contribution in [0.5, 0.6) is 17.2 Å². The summed E-state index contributed by atoms with van der Waals surface area (Å²) in [5.41, 5.74) is 6.80. The number of aryl methyl sites for hydroxylation is 4. The lowest BCUT2D eigenvalue weighted by Gasteiger charge is -2.27. The first-order valence-corrected chi connectivity index (χ1v) is 14.7. The van der Waals surface area contributed by atoms with Crippen LogP contribution in [0.3, 0.4) is 0 Å².